The van der Waals surface area contributed by atoms with Gasteiger partial charge in [-0.3, -0.25) is 18.6 Å². The number of rotatable bonds is 8. The van der Waals surface area contributed by atoms with E-state index >= 15 is 0 Å². The predicted molar refractivity (Wildman–Crippen MR) is 126 cm³/mol. The maximum absolute atomic E-state index is 12.7. The Balaban J connectivity index is 1.37. The molecule has 0 spiro atoms. The second-order valence-corrected chi connectivity index (χ2v) is 8.10. The van der Waals surface area contributed by atoms with Gasteiger partial charge in [0.25, 0.3) is 0 Å². The summed E-state index contributed by atoms with van der Waals surface area (Å²) in [6.07, 6.45) is 0.253. The van der Waals surface area contributed by atoms with Crippen LogP contribution in [0.5, 0.6) is 0 Å². The van der Waals surface area contributed by atoms with E-state index in [2.05, 4.69) is 28.6 Å². The van der Waals surface area contributed by atoms with E-state index in [-0.39, 0.29) is 18.0 Å². The number of aromatic nitrogens is 4. The Bertz CT molecular complexity index is 1310. The first-order valence-electron chi connectivity index (χ1n) is 11.0. The van der Waals surface area contributed by atoms with Crippen molar-refractivity contribution >= 4 is 16.9 Å². The molecule has 0 aliphatic heterocycles. The summed E-state index contributed by atoms with van der Waals surface area (Å²) in [4.78, 5) is 25.2. The smallest absolute Gasteiger partial charge is 0.329 e. The molecule has 1 N–H and O–H groups in total. The van der Waals surface area contributed by atoms with Crippen molar-refractivity contribution in [1.82, 2.24) is 24.2 Å². The number of para-hydroxylation sites is 2. The zero-order valence-corrected chi connectivity index (χ0v) is 18.8. The average Bonchev–Trinajstić information content (AvgIpc) is 3.25. The van der Waals surface area contributed by atoms with Gasteiger partial charge in [0, 0.05) is 31.7 Å². The Morgan fingerprint density at radius 1 is 0.969 bits per heavy atom. The van der Waals surface area contributed by atoms with Crippen LogP contribution in [0.1, 0.15) is 35.9 Å². The molecule has 0 unspecified atom stereocenters. The van der Waals surface area contributed by atoms with Crippen LogP contribution in [0.25, 0.3) is 11.0 Å². The Morgan fingerprint density at radius 2 is 1.69 bits per heavy atom. The van der Waals surface area contributed by atoms with Crippen molar-refractivity contribution in [2.24, 2.45) is 0 Å². The predicted octanol–water partition coefficient (Wildman–Crippen LogP) is 3.39. The summed E-state index contributed by atoms with van der Waals surface area (Å²) in [5.74, 6) is -0.0748. The molecule has 0 saturated heterocycles. The number of carbonyl (C=O) groups is 1. The lowest BCUT2D eigenvalue weighted by molar-refractivity contribution is -0.121. The van der Waals surface area contributed by atoms with E-state index in [4.69, 9.17) is 0 Å². The molecule has 4 rings (SSSR count). The summed E-state index contributed by atoms with van der Waals surface area (Å²) in [7, 11) is 0. The van der Waals surface area contributed by atoms with Gasteiger partial charge in [-0.2, -0.15) is 5.10 Å². The van der Waals surface area contributed by atoms with Crippen LogP contribution < -0.4 is 11.0 Å². The molecule has 4 aromatic rings. The molecule has 0 aliphatic rings. The van der Waals surface area contributed by atoms with Crippen molar-refractivity contribution in [3.8, 4) is 0 Å². The lowest BCUT2D eigenvalue weighted by Crippen LogP contribution is -2.28. The zero-order chi connectivity index (χ0) is 22.7. The Kier molecular flexibility index (Phi) is 6.25. The minimum Gasteiger partial charge on any atom is -0.352 e. The minimum atomic E-state index is -0.0748. The highest BCUT2D eigenvalue weighted by Gasteiger charge is 2.12. The Morgan fingerprint density at radius 3 is 2.38 bits per heavy atom. The van der Waals surface area contributed by atoms with Crippen LogP contribution in [0.2, 0.25) is 0 Å². The van der Waals surface area contributed by atoms with E-state index in [1.165, 1.54) is 0 Å². The molecule has 0 radical (unpaired) electrons. The number of aryl methyl sites for hydroxylation is 4. The van der Waals surface area contributed by atoms with Crippen LogP contribution in [-0.2, 0) is 31.0 Å². The van der Waals surface area contributed by atoms with E-state index in [9.17, 15) is 9.59 Å². The fourth-order valence-electron chi connectivity index (χ4n) is 4.14. The second kappa shape index (κ2) is 9.26. The van der Waals surface area contributed by atoms with E-state index in [1.54, 1.807) is 9.13 Å². The number of nitrogens with zero attached hydrogens (tertiary/aromatic N) is 4. The fourth-order valence-corrected chi connectivity index (χ4v) is 4.14. The van der Waals surface area contributed by atoms with Crippen molar-refractivity contribution in [2.75, 3.05) is 0 Å². The summed E-state index contributed by atoms with van der Waals surface area (Å²) in [6, 6.07) is 17.9. The lowest BCUT2D eigenvalue weighted by Gasteiger charge is -2.09. The molecule has 0 atom stereocenters. The normalized spacial score (nSPS) is 11.2. The SMILES string of the molecule is CCn1c(=O)n(CCC(=O)NCc2cccc(Cn3nc(C)cc3C)c2)c2ccccc21. The number of amides is 1. The van der Waals surface area contributed by atoms with Gasteiger partial charge in [0.15, 0.2) is 0 Å². The van der Waals surface area contributed by atoms with E-state index < -0.39 is 0 Å². The van der Waals surface area contributed by atoms with Gasteiger partial charge in [-0.25, -0.2) is 4.79 Å². The van der Waals surface area contributed by atoms with Crippen molar-refractivity contribution in [1.29, 1.82) is 0 Å². The zero-order valence-electron chi connectivity index (χ0n) is 18.8. The first-order valence-corrected chi connectivity index (χ1v) is 11.0. The van der Waals surface area contributed by atoms with Crippen molar-refractivity contribution in [3.05, 3.63) is 87.6 Å². The molecule has 0 saturated carbocycles. The molecule has 2 aromatic carbocycles. The first kappa shape index (κ1) is 21.6. The maximum atomic E-state index is 12.7. The first-order chi connectivity index (χ1) is 15.5. The van der Waals surface area contributed by atoms with Gasteiger partial charge in [-0.1, -0.05) is 36.4 Å². The van der Waals surface area contributed by atoms with Crippen LogP contribution in [0.3, 0.4) is 0 Å². The molecule has 2 heterocycles. The highest BCUT2D eigenvalue weighted by Crippen LogP contribution is 2.13. The number of hydrogen-bond acceptors (Lipinski definition) is 3. The third-order valence-corrected chi connectivity index (χ3v) is 5.72. The van der Waals surface area contributed by atoms with Crippen molar-refractivity contribution < 1.29 is 4.79 Å². The monoisotopic (exact) mass is 431 g/mol. The third-order valence-electron chi connectivity index (χ3n) is 5.72. The third kappa shape index (κ3) is 4.51. The van der Waals surface area contributed by atoms with Crippen LogP contribution in [0.4, 0.5) is 0 Å². The molecular weight excluding hydrogens is 402 g/mol. The molecular formula is C25H29N5O2. The maximum Gasteiger partial charge on any atom is 0.329 e. The van der Waals surface area contributed by atoms with E-state index in [0.29, 0.717) is 26.2 Å². The van der Waals surface area contributed by atoms with Gasteiger partial charge in [0.05, 0.1) is 23.3 Å². The molecule has 32 heavy (non-hydrogen) atoms. The molecule has 7 nitrogen and oxygen atoms in total. The van der Waals surface area contributed by atoms with Gasteiger partial charge in [-0.05, 0) is 50.1 Å². The number of imidazole rings is 1. The second-order valence-electron chi connectivity index (χ2n) is 8.10. The van der Waals surface area contributed by atoms with Gasteiger partial charge in [0.2, 0.25) is 5.91 Å². The van der Waals surface area contributed by atoms with Gasteiger partial charge < -0.3 is 5.32 Å². The molecule has 166 valence electrons. The molecule has 0 bridgehead atoms. The van der Waals surface area contributed by atoms with Crippen LogP contribution in [0, 0.1) is 13.8 Å². The fraction of sp³-hybridized carbons (Fsp3) is 0.320. The van der Waals surface area contributed by atoms with Gasteiger partial charge in [0.1, 0.15) is 0 Å². The molecule has 0 aliphatic carbocycles. The number of fused-ring (bicyclic) bond motifs is 1. The highest BCUT2D eigenvalue weighted by atomic mass is 16.2. The van der Waals surface area contributed by atoms with Crippen LogP contribution >= 0.6 is 0 Å². The summed E-state index contributed by atoms with van der Waals surface area (Å²) in [6.45, 7) is 8.11. The summed E-state index contributed by atoms with van der Waals surface area (Å²) >= 11 is 0. The van der Waals surface area contributed by atoms with Crippen LogP contribution in [-0.4, -0.2) is 24.8 Å². The van der Waals surface area contributed by atoms with Gasteiger partial charge in [-0.15, -0.1) is 0 Å². The van der Waals surface area contributed by atoms with E-state index in [0.717, 1.165) is 33.5 Å². The lowest BCUT2D eigenvalue weighted by atomic mass is 10.1. The summed E-state index contributed by atoms with van der Waals surface area (Å²) in [5, 5.41) is 7.50. The Hall–Kier alpha value is -3.61. The number of carbonyl (C=O) groups excluding carboxylic acids is 1. The van der Waals surface area contributed by atoms with Crippen molar-refractivity contribution in [3.63, 3.8) is 0 Å². The minimum absolute atomic E-state index is 0.0710. The molecule has 7 heteroatoms. The number of hydrogen-bond donors (Lipinski definition) is 1. The van der Waals surface area contributed by atoms with Crippen molar-refractivity contribution in [2.45, 2.75) is 53.4 Å². The highest BCUT2D eigenvalue weighted by molar-refractivity contribution is 5.78. The standard InChI is InChI=1S/C25H29N5O2/c1-4-28-22-10-5-6-11-23(22)29(25(28)32)13-12-24(31)26-16-20-8-7-9-21(15-20)17-30-19(3)14-18(2)27-30/h5-11,14-15H,4,12-13,16-17H2,1-3H3,(H,26,31). The van der Waals surface area contributed by atoms with Crippen LogP contribution in [0.15, 0.2) is 59.4 Å². The van der Waals surface area contributed by atoms with Gasteiger partial charge >= 0.3 is 5.69 Å². The summed E-state index contributed by atoms with van der Waals surface area (Å²) < 4.78 is 5.41. The topological polar surface area (TPSA) is 73.8 Å². The van der Waals surface area contributed by atoms with E-state index in [1.807, 2.05) is 61.9 Å². The number of nitrogens with one attached hydrogen (secondary N) is 1. The quantitative estimate of drug-likeness (QED) is 0.465. The Labute approximate surface area is 187 Å². The molecule has 2 aromatic heterocycles. The summed E-state index contributed by atoms with van der Waals surface area (Å²) in [5.41, 5.74) is 6.01. The molecule has 1 amide bonds. The molecule has 0 fully saturated rings. The average molecular weight is 432 g/mol. The number of benzene rings is 2. The largest absolute Gasteiger partial charge is 0.352 e.